The van der Waals surface area contributed by atoms with Crippen LogP contribution in [0.25, 0.3) is 0 Å². The van der Waals surface area contributed by atoms with E-state index in [1.54, 1.807) is 0 Å². The first-order chi connectivity index (χ1) is 0. The van der Waals surface area contributed by atoms with Gasteiger partial charge in [0.2, 0.25) is 0 Å². The van der Waals surface area contributed by atoms with Crippen molar-refractivity contribution in [3.63, 3.8) is 0 Å². The number of hydrogen-bond acceptors (Lipinski definition) is 0. The van der Waals surface area contributed by atoms with Crippen LogP contribution in [0.1, 0.15) is 8.56 Å². The van der Waals surface area contributed by atoms with Crippen LogP contribution in [0.5, 0.6) is 0 Å². The van der Waals surface area contributed by atoms with Gasteiger partial charge in [-0.3, -0.25) is 0 Å². The van der Waals surface area contributed by atoms with Gasteiger partial charge in [0.1, 0.15) is 0 Å². The molecular formula is H9Cl3Mg3. The van der Waals surface area contributed by atoms with Crippen molar-refractivity contribution in [2.75, 3.05) is 0 Å². The largest absolute Gasteiger partial charge is 2.00 e. The summed E-state index contributed by atoms with van der Waals surface area (Å²) in [4.78, 5) is 0. The Hall–Kier alpha value is 3.17. The Morgan fingerprint density at radius 2 is 0.500 bits per heavy atom. The molecule has 0 spiro atoms. The predicted molar refractivity (Wildman–Crippen MR) is 45.7 cm³/mol. The van der Waals surface area contributed by atoms with Gasteiger partial charge in [-0.15, -0.1) is 37.2 Å². The van der Waals surface area contributed by atoms with Crippen LogP contribution in [-0.4, -0.2) is 69.2 Å². The Kier molecular flexibility index (Phi) is 425. The maximum Gasteiger partial charge on any atom is 2.00 e. The maximum absolute atomic E-state index is 0. The molecule has 0 N–H and O–H groups in total. The van der Waals surface area contributed by atoms with Gasteiger partial charge in [0.25, 0.3) is 0 Å². The van der Waals surface area contributed by atoms with Crippen molar-refractivity contribution in [3.8, 4) is 0 Å². The average molecular weight is 188 g/mol. The Morgan fingerprint density at radius 3 is 0.500 bits per heavy atom. The number of rotatable bonds is 0. The fourth-order valence-corrected chi connectivity index (χ4v) is 0. The molecule has 0 aliphatic carbocycles. The molecule has 36 valence electrons. The van der Waals surface area contributed by atoms with Gasteiger partial charge in [-0.25, -0.2) is 0 Å². The van der Waals surface area contributed by atoms with E-state index in [1.807, 2.05) is 0 Å². The molecule has 0 radical (unpaired) electrons. The molecule has 0 aromatic carbocycles. The second-order valence-electron chi connectivity index (χ2n) is 0. The Labute approximate surface area is 114 Å². The van der Waals surface area contributed by atoms with Gasteiger partial charge >= 0.3 is 69.2 Å². The zero-order valence-corrected chi connectivity index (χ0v) is 10.0. The first-order valence-electron chi connectivity index (χ1n) is 0. The summed E-state index contributed by atoms with van der Waals surface area (Å²) < 4.78 is 0. The van der Waals surface area contributed by atoms with E-state index >= 15 is 0 Å². The zero-order chi connectivity index (χ0) is 0. The van der Waals surface area contributed by atoms with E-state index in [1.165, 1.54) is 0 Å². The Balaban J connectivity index is 0. The molecule has 0 unspecified atom stereocenters. The van der Waals surface area contributed by atoms with Crippen molar-refractivity contribution < 1.29 is 8.56 Å². The van der Waals surface area contributed by atoms with Crippen LogP contribution in [0.3, 0.4) is 0 Å². The van der Waals surface area contributed by atoms with Crippen molar-refractivity contribution in [3.05, 3.63) is 0 Å². The zero-order valence-electron chi connectivity index (χ0n) is 9.35. The molecule has 0 aliphatic heterocycles. The van der Waals surface area contributed by atoms with Crippen molar-refractivity contribution in [1.29, 1.82) is 0 Å². The van der Waals surface area contributed by atoms with Crippen molar-refractivity contribution in [2.45, 2.75) is 0 Å². The third kappa shape index (κ3) is 27.2. The maximum atomic E-state index is 0. The van der Waals surface area contributed by atoms with Crippen molar-refractivity contribution >= 4 is 106 Å². The SMILES string of the molecule is Cl.Cl.Cl.[H-].[H-].[H-].[H-].[H-].[H-].[Mg+2].[Mg+2].[Mg+2]. The molecular weight excluding hydrogens is 179 g/mol. The summed E-state index contributed by atoms with van der Waals surface area (Å²) in [5, 5.41) is 0. The molecule has 0 saturated carbocycles. The van der Waals surface area contributed by atoms with Crippen LogP contribution >= 0.6 is 37.2 Å². The summed E-state index contributed by atoms with van der Waals surface area (Å²) >= 11 is 0. The topological polar surface area (TPSA) is 0 Å². The summed E-state index contributed by atoms with van der Waals surface area (Å²) in [5.74, 6) is 0. The van der Waals surface area contributed by atoms with Crippen molar-refractivity contribution in [2.24, 2.45) is 0 Å². The average Bonchev–Trinajstić information content (AvgIpc) is 0. The molecule has 0 bridgehead atoms. The van der Waals surface area contributed by atoms with Gasteiger partial charge in [-0.2, -0.15) is 0 Å². The second kappa shape index (κ2) is 41.8. The molecule has 6 heteroatoms. The minimum absolute atomic E-state index is 0. The van der Waals surface area contributed by atoms with Crippen LogP contribution in [0, 0.1) is 0 Å². The third-order valence-corrected chi connectivity index (χ3v) is 0. The predicted octanol–water partition coefficient (Wildman–Crippen LogP) is 0.798. The first kappa shape index (κ1) is 60.9. The van der Waals surface area contributed by atoms with E-state index in [9.17, 15) is 0 Å². The van der Waals surface area contributed by atoms with Crippen LogP contribution < -0.4 is 0 Å². The molecule has 0 saturated heterocycles. The monoisotopic (exact) mass is 186 g/mol. The first-order valence-corrected chi connectivity index (χ1v) is 0. The van der Waals surface area contributed by atoms with Crippen molar-refractivity contribution in [1.82, 2.24) is 0 Å². The molecule has 0 heterocycles. The summed E-state index contributed by atoms with van der Waals surface area (Å²) in [5.41, 5.74) is 0. The van der Waals surface area contributed by atoms with Gasteiger partial charge in [0.05, 0.1) is 0 Å². The summed E-state index contributed by atoms with van der Waals surface area (Å²) in [6.07, 6.45) is 0. The third-order valence-electron chi connectivity index (χ3n) is 0. The molecule has 0 aromatic rings. The molecule has 0 atom stereocenters. The molecule has 0 aliphatic rings. The van der Waals surface area contributed by atoms with E-state index in [-0.39, 0.29) is 115 Å². The smallest absolute Gasteiger partial charge is 1.00 e. The van der Waals surface area contributed by atoms with Gasteiger partial charge in [0, 0.05) is 0 Å². The minimum Gasteiger partial charge on any atom is -1.00 e. The Morgan fingerprint density at radius 1 is 0.500 bits per heavy atom. The van der Waals surface area contributed by atoms with E-state index in [0.717, 1.165) is 0 Å². The fraction of sp³-hybridized carbons (Fsp3) is 0. The molecule has 0 rings (SSSR count). The number of halogens is 3. The van der Waals surface area contributed by atoms with Gasteiger partial charge in [-0.1, -0.05) is 0 Å². The minimum atomic E-state index is 0. The fourth-order valence-electron chi connectivity index (χ4n) is 0. The molecule has 0 aromatic heterocycles. The standard InChI is InChI=1S/3ClH.3Mg.6H/h3*1H;;;;;;;;;/q;;;3*+2;6*-1. The van der Waals surface area contributed by atoms with Crippen LogP contribution in [0.4, 0.5) is 0 Å². The van der Waals surface area contributed by atoms with Gasteiger partial charge in [0.15, 0.2) is 0 Å². The van der Waals surface area contributed by atoms with Crippen LogP contribution in [0.15, 0.2) is 0 Å². The van der Waals surface area contributed by atoms with Gasteiger partial charge < -0.3 is 8.56 Å². The summed E-state index contributed by atoms with van der Waals surface area (Å²) in [6.45, 7) is 0. The summed E-state index contributed by atoms with van der Waals surface area (Å²) in [7, 11) is 0. The molecule has 0 nitrogen and oxygen atoms in total. The second-order valence-corrected chi connectivity index (χ2v) is 0. The summed E-state index contributed by atoms with van der Waals surface area (Å²) in [6, 6.07) is 0. The normalized spacial score (nSPS) is 0. The molecule has 0 amide bonds. The van der Waals surface area contributed by atoms with Gasteiger partial charge in [-0.05, 0) is 0 Å². The Bertz CT molecular complexity index is 18.0. The van der Waals surface area contributed by atoms with E-state index in [2.05, 4.69) is 0 Å². The molecule has 6 heavy (non-hydrogen) atoms. The van der Waals surface area contributed by atoms with E-state index in [0.29, 0.717) is 0 Å². The number of hydrogen-bond donors (Lipinski definition) is 0. The quantitative estimate of drug-likeness (QED) is 0.493. The van der Waals surface area contributed by atoms with Crippen LogP contribution in [-0.2, 0) is 0 Å². The van der Waals surface area contributed by atoms with E-state index < -0.39 is 0 Å². The van der Waals surface area contributed by atoms with E-state index in [4.69, 9.17) is 0 Å². The molecule has 0 fully saturated rings. The van der Waals surface area contributed by atoms with Crippen LogP contribution in [0.2, 0.25) is 0 Å².